The van der Waals surface area contributed by atoms with Crippen LogP contribution in [0.3, 0.4) is 0 Å². The average molecular weight is 265 g/mol. The zero-order chi connectivity index (χ0) is 13.4. The van der Waals surface area contributed by atoms with E-state index in [-0.39, 0.29) is 29.4 Å². The first-order valence-electron chi connectivity index (χ1n) is 6.00. The molecular formula is C10H15N7O2. The summed E-state index contributed by atoms with van der Waals surface area (Å²) in [5.41, 5.74) is 8.49. The molecule has 0 unspecified atom stereocenters. The van der Waals surface area contributed by atoms with Gasteiger partial charge in [-0.2, -0.15) is 4.98 Å². The number of fused-ring (bicyclic) bond motifs is 1. The normalized spacial score (nSPS) is 23.2. The Morgan fingerprint density at radius 1 is 1.58 bits per heavy atom. The van der Waals surface area contributed by atoms with Crippen LogP contribution in [0.4, 0.5) is 5.95 Å². The first-order chi connectivity index (χ1) is 9.19. The number of nitrogens with zero attached hydrogens (tertiary/aromatic N) is 3. The molecule has 0 saturated carbocycles. The predicted octanol–water partition coefficient (Wildman–Crippen LogP) is -1.16. The Morgan fingerprint density at radius 3 is 3.21 bits per heavy atom. The number of anilines is 1. The zero-order valence-corrected chi connectivity index (χ0v) is 10.2. The molecule has 1 fully saturated rings. The number of hydrogen-bond donors (Lipinski definition) is 4. The van der Waals surface area contributed by atoms with E-state index in [0.717, 1.165) is 12.8 Å². The van der Waals surface area contributed by atoms with Crippen LogP contribution in [0.5, 0.6) is 0 Å². The fourth-order valence-electron chi connectivity index (χ4n) is 2.33. The van der Waals surface area contributed by atoms with Gasteiger partial charge in [0.2, 0.25) is 5.95 Å². The molecule has 1 aliphatic heterocycles. The first-order valence-corrected chi connectivity index (χ1v) is 6.00. The Morgan fingerprint density at radius 2 is 2.42 bits per heavy atom. The maximum Gasteiger partial charge on any atom is 0.280 e. The number of nitrogens with one attached hydrogen (secondary N) is 2. The van der Waals surface area contributed by atoms with E-state index in [9.17, 15) is 4.79 Å². The lowest BCUT2D eigenvalue weighted by molar-refractivity contribution is 0.00503. The first kappa shape index (κ1) is 12.1. The summed E-state index contributed by atoms with van der Waals surface area (Å²) >= 11 is 0. The molecule has 6 N–H and O–H groups in total. The number of hydrazine groups is 1. The van der Waals surface area contributed by atoms with Gasteiger partial charge in [0.05, 0.1) is 12.4 Å². The molecule has 2 aromatic heterocycles. The van der Waals surface area contributed by atoms with Crippen molar-refractivity contribution < 1.29 is 4.74 Å². The Bertz CT molecular complexity index is 649. The number of aromatic nitrogens is 4. The lowest BCUT2D eigenvalue weighted by atomic mass is 10.2. The molecule has 3 heterocycles. The number of ether oxygens (including phenoxy) is 1. The standard InChI is InChI=1S/C10H15N7O2/c11-10-15-8-7(9(18)16-10)13-4-17(8)6-2-1-5(19-6)3-14-12/h4-6,14H,1-3,12H2,(H3,11,15,16,18)/t5-,6+/m0/s1. The summed E-state index contributed by atoms with van der Waals surface area (Å²) in [5, 5.41) is 0. The topological polar surface area (TPSA) is 137 Å². The second-order valence-corrected chi connectivity index (χ2v) is 4.47. The van der Waals surface area contributed by atoms with Crippen LogP contribution in [-0.4, -0.2) is 32.2 Å². The van der Waals surface area contributed by atoms with E-state index in [1.54, 1.807) is 10.9 Å². The Balaban J connectivity index is 1.96. The Kier molecular flexibility index (Phi) is 2.93. The van der Waals surface area contributed by atoms with Crippen LogP contribution in [0.1, 0.15) is 19.1 Å². The summed E-state index contributed by atoms with van der Waals surface area (Å²) < 4.78 is 7.56. The van der Waals surface area contributed by atoms with Gasteiger partial charge in [0, 0.05) is 6.54 Å². The summed E-state index contributed by atoms with van der Waals surface area (Å²) in [7, 11) is 0. The van der Waals surface area contributed by atoms with Crippen LogP contribution >= 0.6 is 0 Å². The van der Waals surface area contributed by atoms with E-state index in [4.69, 9.17) is 16.3 Å². The molecule has 0 amide bonds. The lowest BCUT2D eigenvalue weighted by Gasteiger charge is -2.14. The summed E-state index contributed by atoms with van der Waals surface area (Å²) in [6.45, 7) is 0.583. The van der Waals surface area contributed by atoms with Crippen molar-refractivity contribution in [2.75, 3.05) is 12.3 Å². The van der Waals surface area contributed by atoms with Crippen LogP contribution in [0, 0.1) is 0 Å². The number of H-pyrrole nitrogens is 1. The number of rotatable bonds is 3. The smallest absolute Gasteiger partial charge is 0.280 e. The highest BCUT2D eigenvalue weighted by Gasteiger charge is 2.27. The van der Waals surface area contributed by atoms with Gasteiger partial charge in [0.15, 0.2) is 11.2 Å². The SMILES string of the molecule is NNC[C@@H]1CC[C@H](n2cnc3c(=O)[nH]c(N)nc32)O1. The quantitative estimate of drug-likeness (QED) is 0.406. The van der Waals surface area contributed by atoms with E-state index < -0.39 is 0 Å². The van der Waals surface area contributed by atoms with E-state index in [0.29, 0.717) is 12.2 Å². The molecule has 0 spiro atoms. The van der Waals surface area contributed by atoms with Crippen LogP contribution in [0.25, 0.3) is 11.2 Å². The molecule has 9 nitrogen and oxygen atoms in total. The molecule has 0 radical (unpaired) electrons. The van der Waals surface area contributed by atoms with E-state index >= 15 is 0 Å². The van der Waals surface area contributed by atoms with Gasteiger partial charge in [-0.25, -0.2) is 4.98 Å². The van der Waals surface area contributed by atoms with Crippen molar-refractivity contribution in [3.05, 3.63) is 16.7 Å². The third-order valence-electron chi connectivity index (χ3n) is 3.19. The van der Waals surface area contributed by atoms with Gasteiger partial charge in [-0.15, -0.1) is 0 Å². The van der Waals surface area contributed by atoms with Crippen LogP contribution in [0.15, 0.2) is 11.1 Å². The highest BCUT2D eigenvalue weighted by atomic mass is 16.5. The molecule has 19 heavy (non-hydrogen) atoms. The fraction of sp³-hybridized carbons (Fsp3) is 0.500. The van der Waals surface area contributed by atoms with Gasteiger partial charge < -0.3 is 10.5 Å². The molecule has 2 atom stereocenters. The van der Waals surface area contributed by atoms with Gasteiger partial charge in [0.1, 0.15) is 6.23 Å². The number of nitrogens with two attached hydrogens (primary N) is 2. The number of nitrogen functional groups attached to an aromatic ring is 1. The Labute approximate surface area is 107 Å². The Hall–Kier alpha value is -1.97. The van der Waals surface area contributed by atoms with Gasteiger partial charge in [-0.1, -0.05) is 0 Å². The molecule has 2 aromatic rings. The zero-order valence-electron chi connectivity index (χ0n) is 10.2. The maximum absolute atomic E-state index is 11.7. The lowest BCUT2D eigenvalue weighted by Crippen LogP contribution is -2.31. The van der Waals surface area contributed by atoms with Crippen molar-refractivity contribution in [3.8, 4) is 0 Å². The summed E-state index contributed by atoms with van der Waals surface area (Å²) in [5.74, 6) is 5.35. The van der Waals surface area contributed by atoms with Crippen LogP contribution < -0.4 is 22.6 Å². The second kappa shape index (κ2) is 4.61. The van der Waals surface area contributed by atoms with Crippen molar-refractivity contribution in [1.29, 1.82) is 0 Å². The number of hydrogen-bond acceptors (Lipinski definition) is 7. The molecule has 1 saturated heterocycles. The van der Waals surface area contributed by atoms with Gasteiger partial charge >= 0.3 is 0 Å². The average Bonchev–Trinajstić information content (AvgIpc) is 2.95. The predicted molar refractivity (Wildman–Crippen MR) is 67.9 cm³/mol. The molecule has 1 aliphatic rings. The van der Waals surface area contributed by atoms with E-state index in [2.05, 4.69) is 20.4 Å². The van der Waals surface area contributed by atoms with Gasteiger partial charge in [0.25, 0.3) is 5.56 Å². The van der Waals surface area contributed by atoms with Gasteiger partial charge in [-0.3, -0.25) is 25.6 Å². The maximum atomic E-state index is 11.7. The minimum Gasteiger partial charge on any atom is -0.369 e. The number of imidazole rings is 1. The molecular weight excluding hydrogens is 250 g/mol. The highest BCUT2D eigenvalue weighted by Crippen LogP contribution is 2.29. The largest absolute Gasteiger partial charge is 0.369 e. The van der Waals surface area contributed by atoms with Crippen molar-refractivity contribution in [1.82, 2.24) is 24.9 Å². The minimum absolute atomic E-state index is 0.0480. The summed E-state index contributed by atoms with van der Waals surface area (Å²) in [6.07, 6.45) is 3.10. The van der Waals surface area contributed by atoms with Gasteiger partial charge in [-0.05, 0) is 12.8 Å². The van der Waals surface area contributed by atoms with Crippen molar-refractivity contribution in [3.63, 3.8) is 0 Å². The monoisotopic (exact) mass is 265 g/mol. The molecule has 0 aliphatic carbocycles. The molecule has 3 rings (SSSR count). The van der Waals surface area contributed by atoms with Crippen LogP contribution in [0.2, 0.25) is 0 Å². The summed E-state index contributed by atoms with van der Waals surface area (Å²) in [6, 6.07) is 0. The fourth-order valence-corrected chi connectivity index (χ4v) is 2.33. The molecule has 0 aromatic carbocycles. The third-order valence-corrected chi connectivity index (χ3v) is 3.19. The molecule has 0 bridgehead atoms. The highest BCUT2D eigenvalue weighted by molar-refractivity contribution is 5.70. The van der Waals surface area contributed by atoms with E-state index in [1.807, 2.05) is 0 Å². The molecule has 102 valence electrons. The second-order valence-electron chi connectivity index (χ2n) is 4.47. The summed E-state index contributed by atoms with van der Waals surface area (Å²) in [4.78, 5) is 22.3. The van der Waals surface area contributed by atoms with Crippen molar-refractivity contribution in [2.24, 2.45) is 5.84 Å². The van der Waals surface area contributed by atoms with Crippen molar-refractivity contribution in [2.45, 2.75) is 25.2 Å². The molecule has 9 heteroatoms. The third kappa shape index (κ3) is 2.07. The van der Waals surface area contributed by atoms with Crippen molar-refractivity contribution >= 4 is 17.1 Å². The minimum atomic E-state index is -0.348. The van der Waals surface area contributed by atoms with E-state index in [1.165, 1.54) is 0 Å². The number of aromatic amines is 1. The van der Waals surface area contributed by atoms with Crippen LogP contribution in [-0.2, 0) is 4.74 Å².